The van der Waals surface area contributed by atoms with Gasteiger partial charge in [-0.05, 0) is 37.3 Å². The third kappa shape index (κ3) is 7.08. The monoisotopic (exact) mass is 341 g/mol. The van der Waals surface area contributed by atoms with E-state index in [1.165, 1.54) is 12.1 Å². The Morgan fingerprint density at radius 1 is 1.38 bits per heavy atom. The highest BCUT2D eigenvalue weighted by Crippen LogP contribution is 2.27. The topological polar surface area (TPSA) is 58.6 Å². The molecule has 134 valence electrons. The van der Waals surface area contributed by atoms with Gasteiger partial charge in [-0.3, -0.25) is 4.79 Å². The molecule has 0 radical (unpaired) electrons. The number of ether oxygens (including phenoxy) is 1. The van der Waals surface area contributed by atoms with Gasteiger partial charge in [-0.15, -0.1) is 0 Å². The number of nitrogens with one attached hydrogen (secondary N) is 1. The van der Waals surface area contributed by atoms with E-state index in [1.54, 1.807) is 32.0 Å². The molecule has 2 N–H and O–H groups in total. The molecule has 0 aliphatic carbocycles. The van der Waals surface area contributed by atoms with Gasteiger partial charge in [0.15, 0.2) is 0 Å². The highest BCUT2D eigenvalue weighted by atomic mass is 19.3. The Labute approximate surface area is 141 Å². The van der Waals surface area contributed by atoms with Gasteiger partial charge in [0.25, 0.3) is 0 Å². The maximum atomic E-state index is 12.4. The van der Waals surface area contributed by atoms with Gasteiger partial charge in [0, 0.05) is 18.2 Å². The number of alkyl halides is 2. The lowest BCUT2D eigenvalue weighted by atomic mass is 9.87. The molecule has 4 nitrogen and oxygen atoms in total. The van der Waals surface area contributed by atoms with Crippen LogP contribution in [0, 0.1) is 5.41 Å². The molecule has 0 fully saturated rings. The van der Waals surface area contributed by atoms with E-state index in [1.807, 2.05) is 13.8 Å². The lowest BCUT2D eigenvalue weighted by Gasteiger charge is -2.26. The molecule has 0 aromatic heterocycles. The van der Waals surface area contributed by atoms with Crippen LogP contribution in [0.2, 0.25) is 0 Å². The Morgan fingerprint density at radius 3 is 2.58 bits per heavy atom. The molecule has 0 bridgehead atoms. The Morgan fingerprint density at radius 2 is 2.00 bits per heavy atom. The van der Waals surface area contributed by atoms with Gasteiger partial charge in [0.2, 0.25) is 5.91 Å². The van der Waals surface area contributed by atoms with Crippen LogP contribution in [0.15, 0.2) is 30.3 Å². The maximum absolute atomic E-state index is 12.4. The van der Waals surface area contributed by atoms with Gasteiger partial charge >= 0.3 is 6.61 Å². The van der Waals surface area contributed by atoms with Crippen LogP contribution in [-0.2, 0) is 4.79 Å². The summed E-state index contributed by atoms with van der Waals surface area (Å²) < 4.78 is 29.4. The van der Waals surface area contributed by atoms with Crippen molar-refractivity contribution in [2.24, 2.45) is 5.41 Å². The quantitative estimate of drug-likeness (QED) is 0.710. The number of benzene rings is 1. The number of aliphatic hydroxyl groups excluding tert-OH is 1. The van der Waals surface area contributed by atoms with Crippen molar-refractivity contribution in [3.63, 3.8) is 0 Å². The van der Waals surface area contributed by atoms with Gasteiger partial charge in [-0.2, -0.15) is 8.78 Å². The molecule has 1 atom stereocenters. The number of amides is 1. The number of halogens is 2. The van der Waals surface area contributed by atoms with Crippen LogP contribution in [0.1, 0.15) is 39.7 Å². The minimum absolute atomic E-state index is 0.0310. The van der Waals surface area contributed by atoms with Crippen molar-refractivity contribution in [3.05, 3.63) is 35.9 Å². The molecule has 1 unspecified atom stereocenters. The smallest absolute Gasteiger partial charge is 0.387 e. The first-order chi connectivity index (χ1) is 11.1. The van der Waals surface area contributed by atoms with E-state index < -0.39 is 12.7 Å². The lowest BCUT2D eigenvalue weighted by molar-refractivity contribution is -0.117. The van der Waals surface area contributed by atoms with E-state index >= 15 is 0 Å². The SMILES string of the molecule is C/C(=C/C(=O)NCC(C)(C)CC(C)O)c1ccccc1OC(F)F. The molecule has 0 saturated heterocycles. The van der Waals surface area contributed by atoms with Crippen molar-refractivity contribution in [3.8, 4) is 5.75 Å². The van der Waals surface area contributed by atoms with E-state index in [0.717, 1.165) is 0 Å². The largest absolute Gasteiger partial charge is 0.434 e. The normalized spacial score (nSPS) is 13.8. The fraction of sp³-hybridized carbons (Fsp3) is 0.500. The number of rotatable bonds is 8. The number of para-hydroxylation sites is 1. The summed E-state index contributed by atoms with van der Waals surface area (Å²) in [5.74, 6) is -0.290. The first-order valence-electron chi connectivity index (χ1n) is 7.79. The molecule has 1 aromatic rings. The van der Waals surface area contributed by atoms with Crippen molar-refractivity contribution in [2.45, 2.75) is 46.8 Å². The number of aliphatic hydroxyl groups is 1. The van der Waals surface area contributed by atoms with E-state index in [9.17, 15) is 18.7 Å². The first-order valence-corrected chi connectivity index (χ1v) is 7.79. The molecule has 1 rings (SSSR count). The fourth-order valence-corrected chi connectivity index (χ4v) is 2.51. The van der Waals surface area contributed by atoms with E-state index in [2.05, 4.69) is 10.1 Å². The van der Waals surface area contributed by atoms with E-state index in [0.29, 0.717) is 24.1 Å². The fourth-order valence-electron chi connectivity index (χ4n) is 2.51. The highest BCUT2D eigenvalue weighted by molar-refractivity contribution is 5.95. The van der Waals surface area contributed by atoms with E-state index in [-0.39, 0.29) is 17.1 Å². The summed E-state index contributed by atoms with van der Waals surface area (Å²) in [6.07, 6.45) is 1.46. The zero-order valence-electron chi connectivity index (χ0n) is 14.5. The van der Waals surface area contributed by atoms with Crippen molar-refractivity contribution in [1.82, 2.24) is 5.32 Å². The predicted octanol–water partition coefficient (Wildman–Crippen LogP) is 3.60. The molecule has 0 spiro atoms. The molecule has 1 aromatic carbocycles. The minimum atomic E-state index is -2.92. The molecule has 6 heteroatoms. The Balaban J connectivity index is 2.77. The van der Waals surface area contributed by atoms with Crippen LogP contribution in [-0.4, -0.2) is 30.3 Å². The van der Waals surface area contributed by atoms with Crippen LogP contribution < -0.4 is 10.1 Å². The average Bonchev–Trinajstić information content (AvgIpc) is 2.44. The zero-order valence-corrected chi connectivity index (χ0v) is 14.5. The van der Waals surface area contributed by atoms with Crippen molar-refractivity contribution < 1.29 is 23.4 Å². The highest BCUT2D eigenvalue weighted by Gasteiger charge is 2.21. The standard InChI is InChI=1S/C18H25F2NO3/c1-12(14-7-5-6-8-15(14)24-17(19)20)9-16(23)21-11-18(3,4)10-13(2)22/h5-9,13,17,22H,10-11H2,1-4H3,(H,21,23)/b12-9-. The molecule has 1 amide bonds. The predicted molar refractivity (Wildman–Crippen MR) is 89.8 cm³/mol. The third-order valence-electron chi connectivity index (χ3n) is 3.46. The number of hydrogen-bond acceptors (Lipinski definition) is 3. The summed E-state index contributed by atoms with van der Waals surface area (Å²) in [5.41, 5.74) is 0.718. The summed E-state index contributed by atoms with van der Waals surface area (Å²) in [5, 5.41) is 12.2. The Bertz CT molecular complexity index is 583. The molecule has 0 aliphatic rings. The summed E-state index contributed by atoms with van der Waals surface area (Å²) in [7, 11) is 0. The first kappa shape index (κ1) is 20.1. The molecular weight excluding hydrogens is 316 g/mol. The van der Waals surface area contributed by atoms with Gasteiger partial charge in [-0.25, -0.2) is 0 Å². The Hall–Kier alpha value is -1.95. The lowest BCUT2D eigenvalue weighted by Crippen LogP contribution is -2.35. The van der Waals surface area contributed by atoms with Crippen molar-refractivity contribution in [2.75, 3.05) is 6.54 Å². The number of carbonyl (C=O) groups excluding carboxylic acids is 1. The molecule has 24 heavy (non-hydrogen) atoms. The van der Waals surface area contributed by atoms with E-state index in [4.69, 9.17) is 0 Å². The molecule has 0 saturated carbocycles. The minimum Gasteiger partial charge on any atom is -0.434 e. The molecule has 0 heterocycles. The van der Waals surface area contributed by atoms with Gasteiger partial charge < -0.3 is 15.2 Å². The summed E-state index contributed by atoms with van der Waals surface area (Å²) in [6, 6.07) is 6.33. The average molecular weight is 341 g/mol. The van der Waals surface area contributed by atoms with Crippen LogP contribution >= 0.6 is 0 Å². The number of carbonyl (C=O) groups is 1. The van der Waals surface area contributed by atoms with Crippen LogP contribution in [0.4, 0.5) is 8.78 Å². The third-order valence-corrected chi connectivity index (χ3v) is 3.46. The summed E-state index contributed by atoms with van der Waals surface area (Å²) in [4.78, 5) is 12.1. The van der Waals surface area contributed by atoms with Crippen LogP contribution in [0.5, 0.6) is 5.75 Å². The van der Waals surface area contributed by atoms with Gasteiger partial charge in [-0.1, -0.05) is 32.0 Å². The second-order valence-corrected chi connectivity index (χ2v) is 6.64. The second kappa shape index (κ2) is 8.78. The van der Waals surface area contributed by atoms with Gasteiger partial charge in [0.1, 0.15) is 5.75 Å². The Kier molecular flexibility index (Phi) is 7.35. The summed E-state index contributed by atoms with van der Waals surface area (Å²) in [6.45, 7) is 4.73. The maximum Gasteiger partial charge on any atom is 0.387 e. The second-order valence-electron chi connectivity index (χ2n) is 6.64. The van der Waals surface area contributed by atoms with Crippen LogP contribution in [0.3, 0.4) is 0 Å². The molecular formula is C18H25F2NO3. The van der Waals surface area contributed by atoms with Gasteiger partial charge in [0.05, 0.1) is 6.10 Å². The van der Waals surface area contributed by atoms with Crippen molar-refractivity contribution >= 4 is 11.5 Å². The molecule has 0 aliphatic heterocycles. The van der Waals surface area contributed by atoms with Crippen LogP contribution in [0.25, 0.3) is 5.57 Å². The zero-order chi connectivity index (χ0) is 18.3. The number of allylic oxidation sites excluding steroid dienone is 1. The van der Waals surface area contributed by atoms with Crippen molar-refractivity contribution in [1.29, 1.82) is 0 Å². The number of hydrogen-bond donors (Lipinski definition) is 2. The summed E-state index contributed by atoms with van der Waals surface area (Å²) >= 11 is 0.